The molecule has 0 N–H and O–H groups in total. The summed E-state index contributed by atoms with van der Waals surface area (Å²) in [7, 11) is 0. The van der Waals surface area contributed by atoms with E-state index in [1.165, 1.54) is 5.56 Å². The van der Waals surface area contributed by atoms with Crippen molar-refractivity contribution >= 4 is 6.08 Å². The van der Waals surface area contributed by atoms with Gasteiger partial charge in [-0.2, -0.15) is 0 Å². The summed E-state index contributed by atoms with van der Waals surface area (Å²) < 4.78 is 8.09. The van der Waals surface area contributed by atoms with E-state index in [9.17, 15) is 0 Å². The van der Waals surface area contributed by atoms with Crippen molar-refractivity contribution in [2.45, 2.75) is 31.9 Å². The summed E-state index contributed by atoms with van der Waals surface area (Å²) in [5.74, 6) is 2.14. The second kappa shape index (κ2) is 7.28. The zero-order chi connectivity index (χ0) is 16.2. The number of ether oxygens (including phenoxy) is 1. The minimum Gasteiger partial charge on any atom is -0.370 e. The number of rotatable bonds is 4. The van der Waals surface area contributed by atoms with E-state index in [1.807, 2.05) is 6.07 Å². The van der Waals surface area contributed by atoms with E-state index in [0.717, 1.165) is 63.7 Å². The zero-order valence-corrected chi connectivity index (χ0v) is 14.0. The van der Waals surface area contributed by atoms with Crippen LogP contribution in [0.25, 0.3) is 6.08 Å². The van der Waals surface area contributed by atoms with E-state index < -0.39 is 0 Å². The van der Waals surface area contributed by atoms with Crippen LogP contribution in [0.1, 0.15) is 36.2 Å². The van der Waals surface area contributed by atoms with Crippen LogP contribution in [-0.2, 0) is 17.7 Å². The van der Waals surface area contributed by atoms with Crippen LogP contribution in [0.3, 0.4) is 0 Å². The molecule has 1 fully saturated rings. The standard InChI is InChI=1S/C19H24N4O/c1-2-6-16(7-3-1)8-4-11-22-12-10-18-20-21-19(23(18)14-13-22)17-9-5-15-24-17/h1-4,6-8,17H,5,9-15H2/b8-4+/t17-/m0/s1. The molecule has 3 heterocycles. The fourth-order valence-corrected chi connectivity index (χ4v) is 3.49. The Labute approximate surface area is 143 Å². The number of hydrogen-bond acceptors (Lipinski definition) is 4. The maximum atomic E-state index is 5.80. The van der Waals surface area contributed by atoms with Crippen molar-refractivity contribution in [1.29, 1.82) is 0 Å². The van der Waals surface area contributed by atoms with Gasteiger partial charge in [0.1, 0.15) is 11.9 Å². The molecule has 5 nitrogen and oxygen atoms in total. The Hall–Kier alpha value is -1.98. The molecule has 0 unspecified atom stereocenters. The van der Waals surface area contributed by atoms with Gasteiger partial charge < -0.3 is 9.30 Å². The van der Waals surface area contributed by atoms with Gasteiger partial charge in [0, 0.05) is 39.2 Å². The van der Waals surface area contributed by atoms with E-state index >= 15 is 0 Å². The molecule has 0 radical (unpaired) electrons. The molecule has 0 spiro atoms. The Morgan fingerprint density at radius 1 is 1.12 bits per heavy atom. The Bertz CT molecular complexity index is 689. The normalized spacial score (nSPS) is 21.9. The zero-order valence-electron chi connectivity index (χ0n) is 14.0. The molecule has 1 aromatic carbocycles. The van der Waals surface area contributed by atoms with E-state index in [2.05, 4.69) is 56.1 Å². The number of benzene rings is 1. The van der Waals surface area contributed by atoms with Crippen LogP contribution in [0, 0.1) is 0 Å². The van der Waals surface area contributed by atoms with Gasteiger partial charge in [-0.3, -0.25) is 4.90 Å². The van der Waals surface area contributed by atoms with Crippen LogP contribution in [0.5, 0.6) is 0 Å². The molecule has 24 heavy (non-hydrogen) atoms. The molecule has 2 aromatic rings. The first-order chi connectivity index (χ1) is 11.9. The highest BCUT2D eigenvalue weighted by atomic mass is 16.5. The van der Waals surface area contributed by atoms with E-state index in [4.69, 9.17) is 4.74 Å². The number of aromatic nitrogens is 3. The SMILES string of the molecule is C(=C\c1ccccc1)/CN1CCc2nnc([C@@H]3CCCO3)n2CC1. The highest BCUT2D eigenvalue weighted by Crippen LogP contribution is 2.28. The third-order valence-corrected chi connectivity index (χ3v) is 4.84. The first-order valence-electron chi connectivity index (χ1n) is 8.88. The van der Waals surface area contributed by atoms with E-state index in [1.54, 1.807) is 0 Å². The Morgan fingerprint density at radius 3 is 2.88 bits per heavy atom. The second-order valence-corrected chi connectivity index (χ2v) is 6.49. The van der Waals surface area contributed by atoms with E-state index in [-0.39, 0.29) is 6.10 Å². The van der Waals surface area contributed by atoms with Crippen molar-refractivity contribution in [1.82, 2.24) is 19.7 Å². The number of hydrogen-bond donors (Lipinski definition) is 0. The van der Waals surface area contributed by atoms with Crippen molar-refractivity contribution in [3.63, 3.8) is 0 Å². The quantitative estimate of drug-likeness (QED) is 0.867. The van der Waals surface area contributed by atoms with Crippen molar-refractivity contribution in [2.75, 3.05) is 26.2 Å². The molecule has 2 aliphatic heterocycles. The Kier molecular flexibility index (Phi) is 4.71. The topological polar surface area (TPSA) is 43.2 Å². The number of fused-ring (bicyclic) bond motifs is 1. The lowest BCUT2D eigenvalue weighted by Crippen LogP contribution is -2.27. The molecule has 2 aliphatic rings. The monoisotopic (exact) mass is 324 g/mol. The number of nitrogens with zero attached hydrogens (tertiary/aromatic N) is 4. The molecule has 126 valence electrons. The second-order valence-electron chi connectivity index (χ2n) is 6.49. The third-order valence-electron chi connectivity index (χ3n) is 4.84. The summed E-state index contributed by atoms with van der Waals surface area (Å²) in [6.45, 7) is 4.84. The van der Waals surface area contributed by atoms with Gasteiger partial charge in [0.05, 0.1) is 0 Å². The summed E-state index contributed by atoms with van der Waals surface area (Å²) in [4.78, 5) is 2.48. The van der Waals surface area contributed by atoms with Crippen LogP contribution in [-0.4, -0.2) is 45.9 Å². The van der Waals surface area contributed by atoms with Crippen LogP contribution < -0.4 is 0 Å². The molecule has 0 saturated carbocycles. The van der Waals surface area contributed by atoms with Crippen molar-refractivity contribution in [3.8, 4) is 0 Å². The third kappa shape index (κ3) is 3.42. The van der Waals surface area contributed by atoms with E-state index in [0.29, 0.717) is 0 Å². The predicted octanol–water partition coefficient (Wildman–Crippen LogP) is 2.70. The smallest absolute Gasteiger partial charge is 0.162 e. The van der Waals surface area contributed by atoms with Gasteiger partial charge in [-0.1, -0.05) is 42.5 Å². The molecule has 0 bridgehead atoms. The van der Waals surface area contributed by atoms with Crippen LogP contribution >= 0.6 is 0 Å². The average molecular weight is 324 g/mol. The summed E-state index contributed by atoms with van der Waals surface area (Å²) in [6.07, 6.45) is 7.76. The van der Waals surface area contributed by atoms with Crippen LogP contribution in [0.15, 0.2) is 36.4 Å². The molecule has 1 atom stereocenters. The minimum absolute atomic E-state index is 0.149. The molecule has 1 saturated heterocycles. The highest BCUT2D eigenvalue weighted by molar-refractivity contribution is 5.48. The van der Waals surface area contributed by atoms with Crippen molar-refractivity contribution < 1.29 is 4.74 Å². The van der Waals surface area contributed by atoms with Gasteiger partial charge in [0.25, 0.3) is 0 Å². The van der Waals surface area contributed by atoms with Gasteiger partial charge in [-0.25, -0.2) is 0 Å². The molecule has 0 aliphatic carbocycles. The predicted molar refractivity (Wildman–Crippen MR) is 93.6 cm³/mol. The molecular weight excluding hydrogens is 300 g/mol. The summed E-state index contributed by atoms with van der Waals surface area (Å²) in [5, 5.41) is 8.82. The van der Waals surface area contributed by atoms with Gasteiger partial charge in [-0.15, -0.1) is 10.2 Å². The van der Waals surface area contributed by atoms with Gasteiger partial charge in [-0.05, 0) is 18.4 Å². The Morgan fingerprint density at radius 2 is 2.04 bits per heavy atom. The molecule has 5 heteroatoms. The summed E-state index contributed by atoms with van der Waals surface area (Å²) >= 11 is 0. The first-order valence-corrected chi connectivity index (χ1v) is 8.88. The van der Waals surface area contributed by atoms with Crippen molar-refractivity contribution in [2.24, 2.45) is 0 Å². The summed E-state index contributed by atoms with van der Waals surface area (Å²) in [5.41, 5.74) is 1.25. The maximum absolute atomic E-state index is 5.80. The lowest BCUT2D eigenvalue weighted by atomic mass is 10.2. The molecule has 0 amide bonds. The lowest BCUT2D eigenvalue weighted by Gasteiger charge is -2.17. The molecule has 4 rings (SSSR count). The van der Waals surface area contributed by atoms with Crippen molar-refractivity contribution in [3.05, 3.63) is 53.6 Å². The first kappa shape index (κ1) is 15.5. The fourth-order valence-electron chi connectivity index (χ4n) is 3.49. The average Bonchev–Trinajstić information content (AvgIpc) is 3.23. The van der Waals surface area contributed by atoms with Gasteiger partial charge in [0.2, 0.25) is 0 Å². The largest absolute Gasteiger partial charge is 0.370 e. The lowest BCUT2D eigenvalue weighted by molar-refractivity contribution is 0.101. The fraction of sp³-hybridized carbons (Fsp3) is 0.474. The molecule has 1 aromatic heterocycles. The van der Waals surface area contributed by atoms with Gasteiger partial charge in [0.15, 0.2) is 5.82 Å². The maximum Gasteiger partial charge on any atom is 0.162 e. The highest BCUT2D eigenvalue weighted by Gasteiger charge is 2.26. The minimum atomic E-state index is 0.149. The molecular formula is C19H24N4O. The van der Waals surface area contributed by atoms with Crippen LogP contribution in [0.2, 0.25) is 0 Å². The van der Waals surface area contributed by atoms with Gasteiger partial charge >= 0.3 is 0 Å². The van der Waals surface area contributed by atoms with Crippen LogP contribution in [0.4, 0.5) is 0 Å². The summed E-state index contributed by atoms with van der Waals surface area (Å²) in [6, 6.07) is 10.5. The Balaban J connectivity index is 1.37.